The number of hydrogen-bond acceptors (Lipinski definition) is 0. The summed E-state index contributed by atoms with van der Waals surface area (Å²) in [7, 11) is 6.25. The zero-order valence-corrected chi connectivity index (χ0v) is 7.23. The van der Waals surface area contributed by atoms with Crippen LogP contribution in [0.3, 0.4) is 0 Å². The van der Waals surface area contributed by atoms with Crippen LogP contribution in [0.5, 0.6) is 0 Å². The smallest absolute Gasteiger partial charge is 0.0432 e. The van der Waals surface area contributed by atoms with Crippen LogP contribution in [0.25, 0.3) is 0 Å². The predicted molar refractivity (Wildman–Crippen MR) is 40.6 cm³/mol. The lowest BCUT2D eigenvalue weighted by molar-refractivity contribution is 2.51. The van der Waals surface area contributed by atoms with Crippen LogP contribution in [0.15, 0.2) is 0 Å². The van der Waals surface area contributed by atoms with E-state index >= 15 is 0 Å². The molecule has 0 radical (unpaired) electrons. The summed E-state index contributed by atoms with van der Waals surface area (Å²) in [5.41, 5.74) is 0. The SMILES string of the molecule is CPPPP. The lowest BCUT2D eigenvalue weighted by Crippen LogP contribution is -1.08. The maximum Gasteiger partial charge on any atom is -0.0432 e. The minimum absolute atomic E-state index is 1.11. The minimum atomic E-state index is 1.11. The first kappa shape index (κ1) is 6.72. The molecule has 0 aliphatic carbocycles. The van der Waals surface area contributed by atoms with E-state index < -0.39 is 0 Å². The molecule has 0 spiro atoms. The van der Waals surface area contributed by atoms with Crippen LogP contribution in [0.1, 0.15) is 0 Å². The second-order valence-electron chi connectivity index (χ2n) is 0.519. The second kappa shape index (κ2) is 5.72. The van der Waals surface area contributed by atoms with Gasteiger partial charge in [-0.3, -0.25) is 0 Å². The summed E-state index contributed by atoms with van der Waals surface area (Å²) in [5.74, 6) is 0. The molecule has 0 aliphatic heterocycles. The Balaban J connectivity index is 2.19. The van der Waals surface area contributed by atoms with E-state index in [0.29, 0.717) is 0 Å². The molecule has 0 aromatic rings. The molecule has 32 valence electrons. The highest BCUT2D eigenvalue weighted by Crippen LogP contribution is 2.54. The summed E-state index contributed by atoms with van der Waals surface area (Å²) in [6.07, 6.45) is 0. The molecular weight excluding hydrogens is 136 g/mol. The zero-order valence-electron chi connectivity index (χ0n) is 3.08. The van der Waals surface area contributed by atoms with Gasteiger partial charge in [-0.2, -0.15) is 0 Å². The highest BCUT2D eigenvalue weighted by molar-refractivity contribution is 8.57. The molecule has 4 unspecified atom stereocenters. The highest BCUT2D eigenvalue weighted by atomic mass is 32.6. The molecule has 4 heteroatoms. The van der Waals surface area contributed by atoms with Gasteiger partial charge in [-0.05, 0) is 6.66 Å². The molecule has 0 rings (SSSR count). The van der Waals surface area contributed by atoms with Crippen LogP contribution in [-0.4, -0.2) is 6.66 Å². The van der Waals surface area contributed by atoms with Crippen LogP contribution in [-0.2, 0) is 0 Å². The van der Waals surface area contributed by atoms with E-state index in [1.807, 2.05) is 0 Å². The Morgan fingerprint density at radius 2 is 2.20 bits per heavy atom. The third-order valence-electron chi connectivity index (χ3n) is 0.197. The van der Waals surface area contributed by atoms with Crippen molar-refractivity contribution in [2.75, 3.05) is 6.66 Å². The van der Waals surface area contributed by atoms with Crippen LogP contribution in [0.4, 0.5) is 0 Å². The first-order valence-electron chi connectivity index (χ1n) is 1.29. The van der Waals surface area contributed by atoms with Crippen molar-refractivity contribution in [3.05, 3.63) is 0 Å². The molecule has 0 nitrogen and oxygen atoms in total. The van der Waals surface area contributed by atoms with Crippen molar-refractivity contribution in [2.45, 2.75) is 0 Å². The molecular formula is CH8P4. The molecule has 0 aliphatic rings. The first-order chi connectivity index (χ1) is 2.41. The van der Waals surface area contributed by atoms with Crippen molar-refractivity contribution in [1.82, 2.24) is 0 Å². The summed E-state index contributed by atoms with van der Waals surface area (Å²) < 4.78 is 0. The van der Waals surface area contributed by atoms with Crippen molar-refractivity contribution in [2.24, 2.45) is 0 Å². The van der Waals surface area contributed by atoms with Gasteiger partial charge in [0.1, 0.15) is 0 Å². The normalized spacial score (nSPS) is 15.6. The molecule has 0 amide bonds. The largest absolute Gasteiger partial charge is 0.110 e. The molecule has 0 saturated carbocycles. The van der Waals surface area contributed by atoms with Gasteiger partial charge in [-0.25, -0.2) is 0 Å². The number of hydrogen-bond donors (Lipinski definition) is 0. The van der Waals surface area contributed by atoms with Gasteiger partial charge in [-0.15, -0.1) is 8.93 Å². The quantitative estimate of drug-likeness (QED) is 0.521. The summed E-state index contributed by atoms with van der Waals surface area (Å²) in [4.78, 5) is 0. The Bertz CT molecular complexity index is 11.1. The monoisotopic (exact) mass is 144 g/mol. The standard InChI is InChI=1S/CH8P4/c1-3-5-4-2/h3-5H,2H2,1H3. The Morgan fingerprint density at radius 1 is 1.60 bits per heavy atom. The topological polar surface area (TPSA) is 0 Å². The van der Waals surface area contributed by atoms with Gasteiger partial charge in [0.25, 0.3) is 0 Å². The molecule has 0 bridgehead atoms. The van der Waals surface area contributed by atoms with Gasteiger partial charge in [-0.1, -0.05) is 24.2 Å². The first-order valence-corrected chi connectivity index (χ1v) is 8.60. The fraction of sp³-hybridized carbons (Fsp3) is 1.00. The lowest BCUT2D eigenvalue weighted by Gasteiger charge is -1.81. The van der Waals surface area contributed by atoms with Gasteiger partial charge in [0.2, 0.25) is 0 Å². The van der Waals surface area contributed by atoms with E-state index in [9.17, 15) is 0 Å². The Morgan fingerprint density at radius 3 is 2.20 bits per heavy atom. The Kier molecular flexibility index (Phi) is 7.69. The van der Waals surface area contributed by atoms with Crippen LogP contribution < -0.4 is 0 Å². The maximum atomic E-state index is 2.75. The molecule has 0 aromatic carbocycles. The molecule has 0 aromatic heterocycles. The van der Waals surface area contributed by atoms with Gasteiger partial charge >= 0.3 is 0 Å². The maximum absolute atomic E-state index is 2.75. The van der Waals surface area contributed by atoms with Crippen LogP contribution >= 0.6 is 33.1 Å². The van der Waals surface area contributed by atoms with Gasteiger partial charge < -0.3 is 0 Å². The van der Waals surface area contributed by atoms with Crippen LogP contribution in [0.2, 0.25) is 0 Å². The summed E-state index contributed by atoms with van der Waals surface area (Å²) in [6, 6.07) is 0. The fourth-order valence-electron chi connectivity index (χ4n) is 0.0722. The third kappa shape index (κ3) is 5.72. The van der Waals surface area contributed by atoms with Crippen molar-refractivity contribution >= 4 is 33.1 Å². The van der Waals surface area contributed by atoms with Crippen LogP contribution in [0, 0.1) is 0 Å². The molecule has 0 saturated heterocycles. The van der Waals surface area contributed by atoms with E-state index in [4.69, 9.17) is 0 Å². The average Bonchev–Trinajstić information content (AvgIpc) is 1.41. The second-order valence-corrected chi connectivity index (χ2v) is 9.52. The Hall–Kier alpha value is 1.72. The fourth-order valence-corrected chi connectivity index (χ4v) is 5.85. The van der Waals surface area contributed by atoms with E-state index in [1.54, 1.807) is 0 Å². The summed E-state index contributed by atoms with van der Waals surface area (Å²) in [5, 5.41) is 0. The van der Waals surface area contributed by atoms with Crippen molar-refractivity contribution in [3.63, 3.8) is 0 Å². The van der Waals surface area contributed by atoms with E-state index in [-0.39, 0.29) is 0 Å². The third-order valence-corrected chi connectivity index (χ3v) is 9.22. The Labute approximate surface area is 40.5 Å². The lowest BCUT2D eigenvalue weighted by atomic mass is 12.0. The summed E-state index contributed by atoms with van der Waals surface area (Å²) >= 11 is 0. The molecule has 4 atom stereocenters. The van der Waals surface area contributed by atoms with Gasteiger partial charge in [0.15, 0.2) is 0 Å². The minimum Gasteiger partial charge on any atom is -0.110 e. The van der Waals surface area contributed by atoms with Crippen molar-refractivity contribution in [1.29, 1.82) is 0 Å². The van der Waals surface area contributed by atoms with E-state index in [0.717, 1.165) is 7.96 Å². The van der Waals surface area contributed by atoms with Crippen molar-refractivity contribution in [3.8, 4) is 0 Å². The molecule has 0 N–H and O–H groups in total. The summed E-state index contributed by atoms with van der Waals surface area (Å²) in [6.45, 7) is 2.25. The highest BCUT2D eigenvalue weighted by Gasteiger charge is 1.65. The van der Waals surface area contributed by atoms with E-state index in [2.05, 4.69) is 15.6 Å². The molecule has 5 heavy (non-hydrogen) atoms. The van der Waals surface area contributed by atoms with E-state index in [1.165, 1.54) is 16.2 Å². The van der Waals surface area contributed by atoms with Gasteiger partial charge in [0, 0.05) is 0 Å². The average molecular weight is 144 g/mol. The molecule has 0 heterocycles. The van der Waals surface area contributed by atoms with Gasteiger partial charge in [0.05, 0.1) is 0 Å². The van der Waals surface area contributed by atoms with Crippen molar-refractivity contribution < 1.29 is 0 Å². The zero-order chi connectivity index (χ0) is 4.12. The molecule has 0 fully saturated rings. The number of rotatable bonds is 2. The predicted octanol–water partition coefficient (Wildman–Crippen LogP) is 2.27.